The number of ether oxygens (including phenoxy) is 2. The third-order valence-electron chi connectivity index (χ3n) is 3.92. The number of esters is 1. The van der Waals surface area contributed by atoms with E-state index >= 15 is 0 Å². The molecule has 6 nitrogen and oxygen atoms in total. The third-order valence-corrected chi connectivity index (χ3v) is 4.12. The molecule has 0 saturated heterocycles. The van der Waals surface area contributed by atoms with Gasteiger partial charge in [0.15, 0.2) is 6.10 Å². The third kappa shape index (κ3) is 4.17. The molecule has 27 heavy (non-hydrogen) atoms. The lowest BCUT2D eigenvalue weighted by Crippen LogP contribution is -2.30. The highest BCUT2D eigenvalue weighted by Crippen LogP contribution is 2.24. The first-order valence-corrected chi connectivity index (χ1v) is 8.57. The van der Waals surface area contributed by atoms with Gasteiger partial charge in [0.2, 0.25) is 0 Å². The van der Waals surface area contributed by atoms with E-state index in [0.29, 0.717) is 22.3 Å². The smallest absolute Gasteiger partial charge is 0.339 e. The molecule has 0 aliphatic rings. The van der Waals surface area contributed by atoms with Gasteiger partial charge in [-0.2, -0.15) is 0 Å². The summed E-state index contributed by atoms with van der Waals surface area (Å²) in [6.45, 7) is 1.49. The van der Waals surface area contributed by atoms with Crippen LogP contribution in [-0.2, 0) is 9.53 Å². The quantitative estimate of drug-likeness (QED) is 0.529. The molecule has 1 amide bonds. The number of rotatable bonds is 5. The minimum Gasteiger partial charge on any atom is -0.495 e. The number of pyridine rings is 1. The van der Waals surface area contributed by atoms with Gasteiger partial charge in [-0.05, 0) is 31.2 Å². The van der Waals surface area contributed by atoms with E-state index in [1.165, 1.54) is 20.1 Å². The highest BCUT2D eigenvalue weighted by Gasteiger charge is 2.22. The Balaban J connectivity index is 1.77. The number of anilines is 1. The molecule has 3 rings (SSSR count). The highest BCUT2D eigenvalue weighted by atomic mass is 35.5. The number of methoxy groups -OCH3 is 1. The van der Waals surface area contributed by atoms with Crippen molar-refractivity contribution in [2.24, 2.45) is 0 Å². The van der Waals surface area contributed by atoms with Gasteiger partial charge in [0.05, 0.1) is 23.9 Å². The van der Waals surface area contributed by atoms with Crippen LogP contribution in [0.25, 0.3) is 10.9 Å². The summed E-state index contributed by atoms with van der Waals surface area (Å²) in [6.07, 6.45) is -1.02. The molecule has 0 saturated carbocycles. The van der Waals surface area contributed by atoms with Crippen LogP contribution >= 0.6 is 11.6 Å². The molecule has 1 aromatic heterocycles. The Bertz CT molecular complexity index is 1010. The van der Waals surface area contributed by atoms with Gasteiger partial charge in [0.25, 0.3) is 5.91 Å². The second-order valence-corrected chi connectivity index (χ2v) is 6.13. The van der Waals surface area contributed by atoms with Gasteiger partial charge in [-0.15, -0.1) is 0 Å². The van der Waals surface area contributed by atoms with Crippen molar-refractivity contribution in [1.82, 2.24) is 4.98 Å². The minimum atomic E-state index is -1.02. The van der Waals surface area contributed by atoms with Gasteiger partial charge in [-0.25, -0.2) is 9.78 Å². The zero-order valence-corrected chi connectivity index (χ0v) is 15.5. The Labute approximate surface area is 161 Å². The van der Waals surface area contributed by atoms with Crippen molar-refractivity contribution in [3.05, 3.63) is 65.3 Å². The molecule has 138 valence electrons. The number of carbonyl (C=O) groups excluding carboxylic acids is 2. The van der Waals surface area contributed by atoms with Gasteiger partial charge in [-0.1, -0.05) is 41.9 Å². The molecule has 0 bridgehead atoms. The van der Waals surface area contributed by atoms with Crippen LogP contribution in [0.5, 0.6) is 5.75 Å². The van der Waals surface area contributed by atoms with E-state index in [-0.39, 0.29) is 10.7 Å². The van der Waals surface area contributed by atoms with Gasteiger partial charge in [-0.3, -0.25) is 4.79 Å². The number of para-hydroxylation sites is 3. The van der Waals surface area contributed by atoms with Gasteiger partial charge >= 0.3 is 5.97 Å². The molecular weight excluding hydrogens is 368 g/mol. The van der Waals surface area contributed by atoms with Crippen molar-refractivity contribution in [3.63, 3.8) is 0 Å². The second kappa shape index (κ2) is 8.05. The molecule has 0 fully saturated rings. The number of benzene rings is 2. The summed E-state index contributed by atoms with van der Waals surface area (Å²) >= 11 is 6.00. The normalized spacial score (nSPS) is 11.7. The Morgan fingerprint density at radius 3 is 2.59 bits per heavy atom. The largest absolute Gasteiger partial charge is 0.495 e. The lowest BCUT2D eigenvalue weighted by molar-refractivity contribution is -0.123. The number of nitrogens with one attached hydrogen (secondary N) is 1. The maximum Gasteiger partial charge on any atom is 0.339 e. The maximum absolute atomic E-state index is 12.6. The Morgan fingerprint density at radius 2 is 1.81 bits per heavy atom. The highest BCUT2D eigenvalue weighted by molar-refractivity contribution is 6.30. The van der Waals surface area contributed by atoms with Gasteiger partial charge < -0.3 is 14.8 Å². The first-order chi connectivity index (χ1) is 13.0. The summed E-state index contributed by atoms with van der Waals surface area (Å²) < 4.78 is 10.5. The zero-order valence-electron chi connectivity index (χ0n) is 14.7. The number of fused-ring (bicyclic) bond motifs is 1. The Morgan fingerprint density at radius 1 is 1.11 bits per heavy atom. The van der Waals surface area contributed by atoms with Crippen molar-refractivity contribution in [1.29, 1.82) is 0 Å². The second-order valence-electron chi connectivity index (χ2n) is 5.75. The predicted octanol–water partition coefficient (Wildman–Crippen LogP) is 4.08. The number of amides is 1. The van der Waals surface area contributed by atoms with Crippen molar-refractivity contribution in [3.8, 4) is 5.75 Å². The molecule has 0 spiro atoms. The number of nitrogens with zero attached hydrogens (tertiary/aromatic N) is 1. The zero-order chi connectivity index (χ0) is 19.4. The lowest BCUT2D eigenvalue weighted by atomic mass is 10.1. The topological polar surface area (TPSA) is 77.5 Å². The Hall–Kier alpha value is -3.12. The van der Waals surface area contributed by atoms with Gasteiger partial charge in [0.1, 0.15) is 10.9 Å². The number of hydrogen-bond acceptors (Lipinski definition) is 5. The van der Waals surface area contributed by atoms with Crippen LogP contribution < -0.4 is 10.1 Å². The van der Waals surface area contributed by atoms with Crippen molar-refractivity contribution < 1.29 is 19.1 Å². The summed E-state index contributed by atoms with van der Waals surface area (Å²) in [7, 11) is 1.51. The molecule has 0 aliphatic carbocycles. The van der Waals surface area contributed by atoms with Crippen molar-refractivity contribution in [2.45, 2.75) is 13.0 Å². The van der Waals surface area contributed by atoms with E-state index in [4.69, 9.17) is 21.1 Å². The van der Waals surface area contributed by atoms with E-state index in [2.05, 4.69) is 10.3 Å². The molecule has 0 aliphatic heterocycles. The standard InChI is InChI=1S/C20H17ClN2O4/c1-12(19(24)23-16-9-5-6-10-17(16)26-2)27-20(25)14-11-18(21)22-15-8-4-3-7-13(14)15/h3-12H,1-2H3,(H,23,24)/t12-/m0/s1. The van der Waals surface area contributed by atoms with E-state index in [1.54, 1.807) is 48.5 Å². The maximum atomic E-state index is 12.6. The van der Waals surface area contributed by atoms with Crippen LogP contribution in [0.3, 0.4) is 0 Å². The van der Waals surface area contributed by atoms with Crippen LogP contribution in [0.1, 0.15) is 17.3 Å². The van der Waals surface area contributed by atoms with E-state index in [9.17, 15) is 9.59 Å². The molecule has 0 radical (unpaired) electrons. The number of carbonyl (C=O) groups is 2. The molecular formula is C20H17ClN2O4. The summed E-state index contributed by atoms with van der Waals surface area (Å²) in [4.78, 5) is 29.2. The van der Waals surface area contributed by atoms with E-state index in [1.807, 2.05) is 0 Å². The fourth-order valence-corrected chi connectivity index (χ4v) is 2.77. The van der Waals surface area contributed by atoms with Crippen LogP contribution in [-0.4, -0.2) is 30.1 Å². The summed E-state index contributed by atoms with van der Waals surface area (Å²) in [6, 6.07) is 15.5. The van der Waals surface area contributed by atoms with Crippen LogP contribution in [0.2, 0.25) is 5.15 Å². The van der Waals surface area contributed by atoms with E-state index < -0.39 is 18.0 Å². The SMILES string of the molecule is COc1ccccc1NC(=O)[C@H](C)OC(=O)c1cc(Cl)nc2ccccc12. The fourth-order valence-electron chi connectivity index (χ4n) is 2.57. The lowest BCUT2D eigenvalue weighted by Gasteiger charge is -2.15. The fraction of sp³-hybridized carbons (Fsp3) is 0.150. The first kappa shape index (κ1) is 18.7. The monoisotopic (exact) mass is 384 g/mol. The molecule has 2 aromatic carbocycles. The van der Waals surface area contributed by atoms with Gasteiger partial charge in [0, 0.05) is 5.39 Å². The van der Waals surface area contributed by atoms with E-state index in [0.717, 1.165) is 0 Å². The predicted molar refractivity (Wildman–Crippen MR) is 103 cm³/mol. The van der Waals surface area contributed by atoms with Crippen molar-refractivity contribution in [2.75, 3.05) is 12.4 Å². The van der Waals surface area contributed by atoms with Crippen LogP contribution in [0.4, 0.5) is 5.69 Å². The summed E-state index contributed by atoms with van der Waals surface area (Å²) in [5, 5.41) is 3.46. The van der Waals surface area contributed by atoms with Crippen molar-refractivity contribution >= 4 is 40.1 Å². The summed E-state index contributed by atoms with van der Waals surface area (Å²) in [5.41, 5.74) is 1.32. The summed E-state index contributed by atoms with van der Waals surface area (Å²) in [5.74, 6) is -0.619. The minimum absolute atomic E-state index is 0.173. The Kier molecular flexibility index (Phi) is 5.57. The van der Waals surface area contributed by atoms with Crippen LogP contribution in [0.15, 0.2) is 54.6 Å². The molecule has 7 heteroatoms. The number of hydrogen-bond donors (Lipinski definition) is 1. The average Bonchev–Trinajstić information content (AvgIpc) is 2.67. The average molecular weight is 385 g/mol. The molecule has 1 heterocycles. The molecule has 3 aromatic rings. The van der Waals surface area contributed by atoms with Crippen LogP contribution in [0, 0.1) is 0 Å². The molecule has 0 unspecified atom stereocenters. The number of halogens is 1. The first-order valence-electron chi connectivity index (χ1n) is 8.19. The number of aromatic nitrogens is 1. The molecule has 1 atom stereocenters. The molecule has 1 N–H and O–H groups in total.